The second kappa shape index (κ2) is 8.96. The summed E-state index contributed by atoms with van der Waals surface area (Å²) >= 11 is 6.24. The molecule has 6 heteroatoms. The summed E-state index contributed by atoms with van der Waals surface area (Å²) in [6.07, 6.45) is 3.96. The van der Waals surface area contributed by atoms with E-state index in [0.717, 1.165) is 50.8 Å². The molecule has 0 aromatic carbocycles. The van der Waals surface area contributed by atoms with Crippen LogP contribution in [0.1, 0.15) is 33.6 Å². The van der Waals surface area contributed by atoms with Crippen molar-refractivity contribution in [2.24, 2.45) is 10.9 Å². The van der Waals surface area contributed by atoms with Crippen molar-refractivity contribution in [2.75, 3.05) is 31.1 Å². The van der Waals surface area contributed by atoms with Crippen LogP contribution in [-0.2, 0) is 0 Å². The van der Waals surface area contributed by atoms with Crippen LogP contribution in [-0.4, -0.2) is 43.2 Å². The summed E-state index contributed by atoms with van der Waals surface area (Å²) in [5.41, 5.74) is 0. The third kappa shape index (κ3) is 5.57. The Morgan fingerprint density at radius 1 is 1.52 bits per heavy atom. The number of pyridine rings is 1. The van der Waals surface area contributed by atoms with E-state index in [2.05, 4.69) is 46.3 Å². The van der Waals surface area contributed by atoms with Gasteiger partial charge in [0.25, 0.3) is 0 Å². The SMILES string of the molecule is CCNC(=NCCC(C)C)NC1CCN(c2ncccc2Cl)C1. The zero-order valence-electron chi connectivity index (χ0n) is 14.3. The highest BCUT2D eigenvalue weighted by molar-refractivity contribution is 6.32. The normalized spacial score (nSPS) is 18.6. The number of anilines is 1. The minimum Gasteiger partial charge on any atom is -0.357 e. The van der Waals surface area contributed by atoms with Crippen molar-refractivity contribution < 1.29 is 0 Å². The van der Waals surface area contributed by atoms with Crippen molar-refractivity contribution in [2.45, 2.75) is 39.7 Å². The van der Waals surface area contributed by atoms with Gasteiger partial charge in [-0.1, -0.05) is 25.4 Å². The van der Waals surface area contributed by atoms with Gasteiger partial charge < -0.3 is 15.5 Å². The van der Waals surface area contributed by atoms with Gasteiger partial charge in [0.15, 0.2) is 5.96 Å². The Bertz CT molecular complexity index is 517. The highest BCUT2D eigenvalue weighted by atomic mass is 35.5. The molecular formula is C17H28ClN5. The molecule has 1 unspecified atom stereocenters. The first-order valence-electron chi connectivity index (χ1n) is 8.50. The second-order valence-electron chi connectivity index (χ2n) is 6.33. The largest absolute Gasteiger partial charge is 0.357 e. The van der Waals surface area contributed by atoms with E-state index in [1.54, 1.807) is 6.20 Å². The summed E-state index contributed by atoms with van der Waals surface area (Å²) in [5.74, 6) is 2.46. The number of guanidine groups is 1. The molecule has 1 aromatic rings. The Balaban J connectivity index is 1.91. The highest BCUT2D eigenvalue weighted by Gasteiger charge is 2.25. The lowest BCUT2D eigenvalue weighted by Gasteiger charge is -2.20. The number of halogens is 1. The van der Waals surface area contributed by atoms with Crippen molar-refractivity contribution in [1.82, 2.24) is 15.6 Å². The van der Waals surface area contributed by atoms with Crippen LogP contribution in [0.25, 0.3) is 0 Å². The zero-order chi connectivity index (χ0) is 16.7. The predicted octanol–water partition coefficient (Wildman–Crippen LogP) is 2.91. The number of hydrogen-bond acceptors (Lipinski definition) is 3. The molecule has 23 heavy (non-hydrogen) atoms. The summed E-state index contributed by atoms with van der Waals surface area (Å²) in [6.45, 7) is 10.1. The maximum absolute atomic E-state index is 6.24. The molecule has 0 spiro atoms. The molecule has 1 aliphatic rings. The van der Waals surface area contributed by atoms with Crippen LogP contribution in [0.5, 0.6) is 0 Å². The zero-order valence-corrected chi connectivity index (χ0v) is 15.1. The van der Waals surface area contributed by atoms with E-state index in [1.165, 1.54) is 0 Å². The Labute approximate surface area is 144 Å². The third-order valence-electron chi connectivity index (χ3n) is 3.89. The maximum atomic E-state index is 6.24. The van der Waals surface area contributed by atoms with Gasteiger partial charge in [-0.05, 0) is 37.8 Å². The first kappa shape index (κ1) is 17.9. The summed E-state index contributed by atoms with van der Waals surface area (Å²) in [7, 11) is 0. The molecule has 1 aliphatic heterocycles. The number of nitrogens with one attached hydrogen (secondary N) is 2. The van der Waals surface area contributed by atoms with Crippen LogP contribution in [0, 0.1) is 5.92 Å². The smallest absolute Gasteiger partial charge is 0.191 e. The van der Waals surface area contributed by atoms with E-state index in [-0.39, 0.29) is 0 Å². The van der Waals surface area contributed by atoms with E-state index in [1.807, 2.05) is 12.1 Å². The molecule has 0 aliphatic carbocycles. The average molecular weight is 338 g/mol. The number of nitrogens with zero attached hydrogens (tertiary/aromatic N) is 3. The monoisotopic (exact) mass is 337 g/mol. The molecule has 128 valence electrons. The first-order chi connectivity index (χ1) is 11.1. The van der Waals surface area contributed by atoms with Crippen molar-refractivity contribution in [1.29, 1.82) is 0 Å². The third-order valence-corrected chi connectivity index (χ3v) is 4.18. The van der Waals surface area contributed by atoms with Crippen LogP contribution >= 0.6 is 11.6 Å². The lowest BCUT2D eigenvalue weighted by Crippen LogP contribution is -2.44. The molecular weight excluding hydrogens is 310 g/mol. The van der Waals surface area contributed by atoms with Crippen molar-refractivity contribution >= 4 is 23.4 Å². The second-order valence-corrected chi connectivity index (χ2v) is 6.74. The molecule has 1 saturated heterocycles. The van der Waals surface area contributed by atoms with Crippen LogP contribution in [0.15, 0.2) is 23.3 Å². The van der Waals surface area contributed by atoms with Gasteiger partial charge in [-0.15, -0.1) is 0 Å². The average Bonchev–Trinajstić information content (AvgIpc) is 2.96. The summed E-state index contributed by atoms with van der Waals surface area (Å²) in [5, 5.41) is 7.58. The highest BCUT2D eigenvalue weighted by Crippen LogP contribution is 2.25. The van der Waals surface area contributed by atoms with E-state index < -0.39 is 0 Å². The maximum Gasteiger partial charge on any atom is 0.191 e. The summed E-state index contributed by atoms with van der Waals surface area (Å²) in [6, 6.07) is 4.12. The lowest BCUT2D eigenvalue weighted by molar-refractivity contribution is 0.590. The molecule has 5 nitrogen and oxygen atoms in total. The van der Waals surface area contributed by atoms with Gasteiger partial charge in [0, 0.05) is 38.4 Å². The van der Waals surface area contributed by atoms with Gasteiger partial charge in [0.2, 0.25) is 0 Å². The van der Waals surface area contributed by atoms with Gasteiger partial charge in [0.1, 0.15) is 5.82 Å². The van der Waals surface area contributed by atoms with Crippen molar-refractivity contribution in [3.05, 3.63) is 23.4 Å². The quantitative estimate of drug-likeness (QED) is 0.619. The Morgan fingerprint density at radius 3 is 3.04 bits per heavy atom. The predicted molar refractivity (Wildman–Crippen MR) is 98.4 cm³/mol. The molecule has 2 rings (SSSR count). The molecule has 2 N–H and O–H groups in total. The number of aliphatic imine (C=N–C) groups is 1. The van der Waals surface area contributed by atoms with E-state index >= 15 is 0 Å². The minimum atomic E-state index is 0.366. The number of aromatic nitrogens is 1. The van der Waals surface area contributed by atoms with Crippen LogP contribution in [0.4, 0.5) is 5.82 Å². The van der Waals surface area contributed by atoms with Gasteiger partial charge in [-0.2, -0.15) is 0 Å². The molecule has 1 atom stereocenters. The molecule has 0 bridgehead atoms. The van der Waals surface area contributed by atoms with Gasteiger partial charge in [0.05, 0.1) is 5.02 Å². The fourth-order valence-electron chi connectivity index (χ4n) is 2.63. The molecule has 0 amide bonds. The van der Waals surface area contributed by atoms with Crippen molar-refractivity contribution in [3.63, 3.8) is 0 Å². The van der Waals surface area contributed by atoms with Gasteiger partial charge in [-0.25, -0.2) is 4.98 Å². The molecule has 1 fully saturated rings. The molecule has 2 heterocycles. The van der Waals surface area contributed by atoms with E-state index in [4.69, 9.17) is 11.6 Å². The van der Waals surface area contributed by atoms with E-state index in [0.29, 0.717) is 17.0 Å². The van der Waals surface area contributed by atoms with Gasteiger partial charge in [-0.3, -0.25) is 4.99 Å². The van der Waals surface area contributed by atoms with E-state index in [9.17, 15) is 0 Å². The van der Waals surface area contributed by atoms with Crippen LogP contribution in [0.3, 0.4) is 0 Å². The topological polar surface area (TPSA) is 52.6 Å². The minimum absolute atomic E-state index is 0.366. The first-order valence-corrected chi connectivity index (χ1v) is 8.88. The van der Waals surface area contributed by atoms with Crippen LogP contribution < -0.4 is 15.5 Å². The number of hydrogen-bond donors (Lipinski definition) is 2. The standard InChI is InChI=1S/C17H28ClN5/c1-4-19-17(21-10-7-13(2)3)22-14-8-11-23(12-14)16-15(18)6-5-9-20-16/h5-6,9,13-14H,4,7-8,10-12H2,1-3H3,(H2,19,21,22). The Hall–Kier alpha value is -1.49. The summed E-state index contributed by atoms with van der Waals surface area (Å²) < 4.78 is 0. The molecule has 0 saturated carbocycles. The summed E-state index contributed by atoms with van der Waals surface area (Å²) in [4.78, 5) is 11.3. The molecule has 0 radical (unpaired) electrons. The Morgan fingerprint density at radius 2 is 2.35 bits per heavy atom. The number of rotatable bonds is 6. The fourth-order valence-corrected chi connectivity index (χ4v) is 2.87. The van der Waals surface area contributed by atoms with Gasteiger partial charge >= 0.3 is 0 Å². The Kier molecular flexibility index (Phi) is 6.96. The lowest BCUT2D eigenvalue weighted by atomic mass is 10.1. The van der Waals surface area contributed by atoms with Crippen molar-refractivity contribution in [3.8, 4) is 0 Å². The fraction of sp³-hybridized carbons (Fsp3) is 0.647. The molecule has 1 aromatic heterocycles. The van der Waals surface area contributed by atoms with Crippen LogP contribution in [0.2, 0.25) is 5.02 Å².